The van der Waals surface area contributed by atoms with Gasteiger partial charge in [0.25, 0.3) is 0 Å². The second-order valence-corrected chi connectivity index (χ2v) is 4.48. The van der Waals surface area contributed by atoms with Crippen molar-refractivity contribution in [1.82, 2.24) is 4.98 Å². The minimum atomic E-state index is -0.126. The highest BCUT2D eigenvalue weighted by molar-refractivity contribution is 5.81. The molecule has 2 aromatic carbocycles. The average molecular weight is 263 g/mol. The molecule has 1 heterocycles. The first-order chi connectivity index (χ1) is 9.74. The number of phenolic OH excluding ortho intramolecular Hbond substituents is 2. The molecule has 0 spiro atoms. The lowest BCUT2D eigenvalue weighted by molar-refractivity contribution is 0.403. The van der Waals surface area contributed by atoms with E-state index in [-0.39, 0.29) is 11.5 Å². The molecule has 0 saturated carbocycles. The summed E-state index contributed by atoms with van der Waals surface area (Å²) in [7, 11) is 0. The second-order valence-electron chi connectivity index (χ2n) is 4.48. The molecule has 0 bridgehead atoms. The van der Waals surface area contributed by atoms with Gasteiger partial charge < -0.3 is 10.2 Å². The Kier molecular flexibility index (Phi) is 3.09. The summed E-state index contributed by atoms with van der Waals surface area (Å²) in [4.78, 5) is 4.51. The molecule has 0 unspecified atom stereocenters. The van der Waals surface area contributed by atoms with Gasteiger partial charge in [-0.25, -0.2) is 4.98 Å². The predicted molar refractivity (Wildman–Crippen MR) is 80.4 cm³/mol. The summed E-state index contributed by atoms with van der Waals surface area (Å²) in [5, 5.41) is 20.3. The van der Waals surface area contributed by atoms with Crippen LogP contribution in [0.5, 0.6) is 11.5 Å². The van der Waals surface area contributed by atoms with Crippen LogP contribution in [0.3, 0.4) is 0 Å². The molecule has 20 heavy (non-hydrogen) atoms. The van der Waals surface area contributed by atoms with E-state index in [1.807, 2.05) is 36.4 Å². The first kappa shape index (κ1) is 12.2. The lowest BCUT2D eigenvalue weighted by Gasteiger charge is -2.01. The molecule has 0 aliphatic heterocycles. The minimum absolute atomic E-state index is 0.121. The lowest BCUT2D eigenvalue weighted by Crippen LogP contribution is -1.82. The van der Waals surface area contributed by atoms with E-state index in [0.717, 1.165) is 16.6 Å². The molecular weight excluding hydrogens is 250 g/mol. The minimum Gasteiger partial charge on any atom is -0.504 e. The van der Waals surface area contributed by atoms with Crippen molar-refractivity contribution in [2.75, 3.05) is 0 Å². The van der Waals surface area contributed by atoms with Gasteiger partial charge in [0.1, 0.15) is 0 Å². The van der Waals surface area contributed by atoms with E-state index in [9.17, 15) is 10.2 Å². The highest BCUT2D eigenvalue weighted by Crippen LogP contribution is 2.29. The Morgan fingerprint density at radius 3 is 2.55 bits per heavy atom. The van der Waals surface area contributed by atoms with Crippen molar-refractivity contribution in [1.29, 1.82) is 0 Å². The van der Waals surface area contributed by atoms with Crippen molar-refractivity contribution in [3.8, 4) is 11.5 Å². The Bertz CT molecular complexity index is 794. The van der Waals surface area contributed by atoms with Crippen LogP contribution in [0, 0.1) is 0 Å². The summed E-state index contributed by atoms with van der Waals surface area (Å²) < 4.78 is 0. The number of aromatic nitrogens is 1. The van der Waals surface area contributed by atoms with Crippen LogP contribution in [0.15, 0.2) is 54.6 Å². The maximum Gasteiger partial charge on any atom is 0.164 e. The van der Waals surface area contributed by atoms with Gasteiger partial charge in [-0.3, -0.25) is 0 Å². The van der Waals surface area contributed by atoms with Crippen LogP contribution in [-0.4, -0.2) is 15.2 Å². The van der Waals surface area contributed by atoms with Crippen LogP contribution in [0.1, 0.15) is 11.3 Å². The predicted octanol–water partition coefficient (Wildman–Crippen LogP) is 3.82. The molecule has 0 radical (unpaired) electrons. The first-order valence-corrected chi connectivity index (χ1v) is 6.29. The van der Waals surface area contributed by atoms with E-state index in [0.29, 0.717) is 5.56 Å². The second kappa shape index (κ2) is 5.05. The van der Waals surface area contributed by atoms with Gasteiger partial charge in [-0.15, -0.1) is 0 Å². The molecule has 2 N–H and O–H groups in total. The van der Waals surface area contributed by atoms with Crippen LogP contribution >= 0.6 is 0 Å². The van der Waals surface area contributed by atoms with Gasteiger partial charge in [0.15, 0.2) is 11.5 Å². The molecular formula is C17H13NO2. The van der Waals surface area contributed by atoms with Crippen molar-refractivity contribution in [2.45, 2.75) is 0 Å². The van der Waals surface area contributed by atoms with Crippen molar-refractivity contribution < 1.29 is 10.2 Å². The molecule has 0 amide bonds. The molecule has 0 aliphatic rings. The van der Waals surface area contributed by atoms with Gasteiger partial charge in [-0.2, -0.15) is 0 Å². The zero-order valence-corrected chi connectivity index (χ0v) is 10.7. The summed E-state index contributed by atoms with van der Waals surface area (Å²) in [6.07, 6.45) is 3.53. The van der Waals surface area contributed by atoms with Crippen LogP contribution in [0.25, 0.3) is 23.1 Å². The van der Waals surface area contributed by atoms with E-state index in [4.69, 9.17) is 0 Å². The lowest BCUT2D eigenvalue weighted by atomic mass is 10.1. The standard InChI is InChI=1S/C17H13NO2/c19-16-7-3-5-13(17(16)20)9-11-14-10-8-12-4-1-2-6-15(12)18-14/h1-11,19-20H/b11-9+. The van der Waals surface area contributed by atoms with E-state index in [2.05, 4.69) is 4.98 Å². The van der Waals surface area contributed by atoms with Gasteiger partial charge in [0, 0.05) is 10.9 Å². The molecule has 3 heteroatoms. The molecule has 3 aromatic rings. The number of rotatable bonds is 2. The fourth-order valence-corrected chi connectivity index (χ4v) is 2.03. The number of benzene rings is 2. The summed E-state index contributed by atoms with van der Waals surface area (Å²) >= 11 is 0. The molecule has 3 nitrogen and oxygen atoms in total. The zero-order chi connectivity index (χ0) is 13.9. The highest BCUT2D eigenvalue weighted by atomic mass is 16.3. The molecule has 0 aliphatic carbocycles. The number of phenols is 2. The van der Waals surface area contributed by atoms with E-state index < -0.39 is 0 Å². The number of nitrogens with zero attached hydrogens (tertiary/aromatic N) is 1. The van der Waals surface area contributed by atoms with E-state index in [1.165, 1.54) is 6.07 Å². The molecule has 98 valence electrons. The van der Waals surface area contributed by atoms with Gasteiger partial charge >= 0.3 is 0 Å². The molecule has 0 saturated heterocycles. The van der Waals surface area contributed by atoms with Crippen LogP contribution in [0.2, 0.25) is 0 Å². The number of fused-ring (bicyclic) bond motifs is 1. The van der Waals surface area contributed by atoms with Crippen LogP contribution in [-0.2, 0) is 0 Å². The van der Waals surface area contributed by atoms with Crippen LogP contribution < -0.4 is 0 Å². The van der Waals surface area contributed by atoms with Crippen molar-refractivity contribution in [3.05, 3.63) is 65.9 Å². The molecule has 0 fully saturated rings. The van der Waals surface area contributed by atoms with Gasteiger partial charge in [0.05, 0.1) is 11.2 Å². The summed E-state index contributed by atoms with van der Waals surface area (Å²) in [6.45, 7) is 0. The third-order valence-corrected chi connectivity index (χ3v) is 3.10. The Balaban J connectivity index is 1.96. The number of pyridine rings is 1. The third kappa shape index (κ3) is 2.34. The Morgan fingerprint density at radius 1 is 0.800 bits per heavy atom. The van der Waals surface area contributed by atoms with Crippen molar-refractivity contribution >= 4 is 23.1 Å². The number of para-hydroxylation sites is 2. The summed E-state index contributed by atoms with van der Waals surface area (Å²) in [6, 6.07) is 16.7. The monoisotopic (exact) mass is 263 g/mol. The molecule has 3 rings (SSSR count). The van der Waals surface area contributed by atoms with Gasteiger partial charge in [-0.1, -0.05) is 36.4 Å². The maximum absolute atomic E-state index is 9.73. The smallest absolute Gasteiger partial charge is 0.164 e. The van der Waals surface area contributed by atoms with Gasteiger partial charge in [0.2, 0.25) is 0 Å². The van der Waals surface area contributed by atoms with E-state index >= 15 is 0 Å². The quantitative estimate of drug-likeness (QED) is 0.691. The largest absolute Gasteiger partial charge is 0.504 e. The highest BCUT2D eigenvalue weighted by Gasteiger charge is 2.02. The van der Waals surface area contributed by atoms with E-state index in [1.54, 1.807) is 24.3 Å². The van der Waals surface area contributed by atoms with Crippen molar-refractivity contribution in [2.24, 2.45) is 0 Å². The number of hydrogen-bond donors (Lipinski definition) is 2. The SMILES string of the molecule is Oc1cccc(/C=C/c2ccc3ccccc3n2)c1O. The molecule has 1 aromatic heterocycles. The number of hydrogen-bond acceptors (Lipinski definition) is 3. The zero-order valence-electron chi connectivity index (χ0n) is 10.7. The van der Waals surface area contributed by atoms with Crippen molar-refractivity contribution in [3.63, 3.8) is 0 Å². The average Bonchev–Trinajstić information content (AvgIpc) is 2.48. The maximum atomic E-state index is 9.73. The summed E-state index contributed by atoms with van der Waals surface area (Å²) in [5.41, 5.74) is 2.28. The Hall–Kier alpha value is -2.81. The molecule has 0 atom stereocenters. The third-order valence-electron chi connectivity index (χ3n) is 3.10. The number of aromatic hydroxyl groups is 2. The van der Waals surface area contributed by atoms with Gasteiger partial charge in [-0.05, 0) is 30.4 Å². The fraction of sp³-hybridized carbons (Fsp3) is 0. The Labute approximate surface area is 116 Å². The first-order valence-electron chi connectivity index (χ1n) is 6.29. The normalized spacial score (nSPS) is 11.2. The topological polar surface area (TPSA) is 53.4 Å². The van der Waals surface area contributed by atoms with Crippen LogP contribution in [0.4, 0.5) is 0 Å². The summed E-state index contributed by atoms with van der Waals surface area (Å²) in [5.74, 6) is -0.247. The fourth-order valence-electron chi connectivity index (χ4n) is 2.03. The Morgan fingerprint density at radius 2 is 1.65 bits per heavy atom.